The third kappa shape index (κ3) is 4.54. The van der Waals surface area contributed by atoms with E-state index in [0.717, 1.165) is 13.0 Å². The van der Waals surface area contributed by atoms with E-state index in [4.69, 9.17) is 27.9 Å². The fourth-order valence-corrected chi connectivity index (χ4v) is 1.94. The summed E-state index contributed by atoms with van der Waals surface area (Å²) in [5, 5.41) is 0.794. The number of halogens is 2. The summed E-state index contributed by atoms with van der Waals surface area (Å²) in [7, 11) is 3.98. The van der Waals surface area contributed by atoms with Gasteiger partial charge in [-0.3, -0.25) is 4.79 Å². The molecule has 0 radical (unpaired) electrons. The fraction of sp³-hybridized carbons (Fsp3) is 0.417. The Hall–Kier alpha value is -0.770. The summed E-state index contributed by atoms with van der Waals surface area (Å²) >= 11 is 11.8. The van der Waals surface area contributed by atoms with Crippen molar-refractivity contribution in [3.05, 3.63) is 27.7 Å². The van der Waals surface area contributed by atoms with E-state index in [0.29, 0.717) is 34.3 Å². The van der Waals surface area contributed by atoms with Crippen molar-refractivity contribution in [2.75, 3.05) is 27.2 Å². The molecule has 94 valence electrons. The minimum Gasteiger partial charge on any atom is -0.491 e. The smallest absolute Gasteiger partial charge is 0.153 e. The highest BCUT2D eigenvalue weighted by Gasteiger charge is 2.10. The van der Waals surface area contributed by atoms with Gasteiger partial charge in [0.2, 0.25) is 0 Å². The van der Waals surface area contributed by atoms with E-state index in [2.05, 4.69) is 4.90 Å². The zero-order valence-electron chi connectivity index (χ0n) is 9.87. The lowest BCUT2D eigenvalue weighted by Crippen LogP contribution is -2.15. The summed E-state index contributed by atoms with van der Waals surface area (Å²) in [5.74, 6) is 0.407. The molecule has 17 heavy (non-hydrogen) atoms. The van der Waals surface area contributed by atoms with Gasteiger partial charge in [0.15, 0.2) is 6.29 Å². The number of aldehydes is 1. The van der Waals surface area contributed by atoms with E-state index in [9.17, 15) is 4.79 Å². The van der Waals surface area contributed by atoms with Crippen molar-refractivity contribution in [1.82, 2.24) is 4.90 Å². The highest BCUT2D eigenvalue weighted by molar-refractivity contribution is 6.36. The van der Waals surface area contributed by atoms with Crippen LogP contribution in [0.2, 0.25) is 10.0 Å². The predicted molar refractivity (Wildman–Crippen MR) is 70.5 cm³/mol. The van der Waals surface area contributed by atoms with Crippen molar-refractivity contribution in [1.29, 1.82) is 0 Å². The van der Waals surface area contributed by atoms with Crippen LogP contribution in [0.1, 0.15) is 16.8 Å². The van der Waals surface area contributed by atoms with Gasteiger partial charge < -0.3 is 9.64 Å². The summed E-state index contributed by atoms with van der Waals surface area (Å²) in [6, 6.07) is 3.11. The minimum atomic E-state index is 0.365. The van der Waals surface area contributed by atoms with Crippen LogP contribution in [0, 0.1) is 0 Å². The third-order valence-corrected chi connectivity index (χ3v) is 2.66. The number of hydrogen-bond acceptors (Lipinski definition) is 3. The first-order valence-corrected chi connectivity index (χ1v) is 6.02. The molecule has 0 heterocycles. The first-order chi connectivity index (χ1) is 8.04. The van der Waals surface area contributed by atoms with E-state index in [1.807, 2.05) is 14.1 Å². The highest BCUT2D eigenvalue weighted by Crippen LogP contribution is 2.31. The molecule has 0 bridgehead atoms. The second-order valence-corrected chi connectivity index (χ2v) is 4.77. The van der Waals surface area contributed by atoms with Crippen LogP contribution in [-0.4, -0.2) is 38.4 Å². The average Bonchev–Trinajstić information content (AvgIpc) is 2.25. The maximum Gasteiger partial charge on any atom is 0.153 e. The van der Waals surface area contributed by atoms with Gasteiger partial charge in [-0.05, 0) is 32.6 Å². The molecule has 0 unspecified atom stereocenters. The Morgan fingerprint density at radius 2 is 2.06 bits per heavy atom. The second kappa shape index (κ2) is 6.84. The Kier molecular flexibility index (Phi) is 5.75. The first-order valence-electron chi connectivity index (χ1n) is 5.26. The molecule has 0 fully saturated rings. The molecule has 0 saturated heterocycles. The Labute approximate surface area is 111 Å². The Morgan fingerprint density at radius 3 is 2.65 bits per heavy atom. The molecular formula is C12H15Cl2NO2. The molecule has 3 nitrogen and oxygen atoms in total. The van der Waals surface area contributed by atoms with Crippen LogP contribution in [0.25, 0.3) is 0 Å². The monoisotopic (exact) mass is 275 g/mol. The SMILES string of the molecule is CN(C)CCCOc1c(Cl)cc(Cl)cc1C=O. The second-order valence-electron chi connectivity index (χ2n) is 3.93. The molecule has 5 heteroatoms. The minimum absolute atomic E-state index is 0.365. The van der Waals surface area contributed by atoms with E-state index in [1.54, 1.807) is 12.1 Å². The molecule has 0 saturated carbocycles. The summed E-state index contributed by atoms with van der Waals surface area (Å²) in [4.78, 5) is 12.9. The number of nitrogens with zero attached hydrogens (tertiary/aromatic N) is 1. The fourth-order valence-electron chi connectivity index (χ4n) is 1.38. The molecule has 0 atom stereocenters. The lowest BCUT2D eigenvalue weighted by atomic mass is 10.2. The van der Waals surface area contributed by atoms with E-state index in [1.165, 1.54) is 0 Å². The van der Waals surface area contributed by atoms with Gasteiger partial charge in [0.1, 0.15) is 5.75 Å². The van der Waals surface area contributed by atoms with Crippen LogP contribution in [0.3, 0.4) is 0 Å². The van der Waals surface area contributed by atoms with Crippen molar-refractivity contribution in [3.63, 3.8) is 0 Å². The molecule has 0 aromatic heterocycles. The third-order valence-electron chi connectivity index (χ3n) is 2.16. The molecule has 0 spiro atoms. The van der Waals surface area contributed by atoms with Gasteiger partial charge in [-0.25, -0.2) is 0 Å². The molecule has 0 aliphatic rings. The average molecular weight is 276 g/mol. The molecule has 0 aliphatic heterocycles. The zero-order chi connectivity index (χ0) is 12.8. The van der Waals surface area contributed by atoms with Crippen LogP contribution >= 0.6 is 23.2 Å². The predicted octanol–water partition coefficient (Wildman–Crippen LogP) is 3.14. The maximum absolute atomic E-state index is 10.9. The number of ether oxygens (including phenoxy) is 1. The van der Waals surface area contributed by atoms with E-state index in [-0.39, 0.29) is 0 Å². The molecule has 0 N–H and O–H groups in total. The quantitative estimate of drug-likeness (QED) is 0.590. The Morgan fingerprint density at radius 1 is 1.35 bits per heavy atom. The van der Waals surface area contributed by atoms with Gasteiger partial charge in [-0.15, -0.1) is 0 Å². The Bertz CT molecular complexity index is 394. The normalized spacial score (nSPS) is 10.6. The molecule has 0 aliphatic carbocycles. The van der Waals surface area contributed by atoms with Crippen molar-refractivity contribution in [2.24, 2.45) is 0 Å². The van der Waals surface area contributed by atoms with Gasteiger partial charge in [0.05, 0.1) is 17.2 Å². The molecule has 1 rings (SSSR count). The van der Waals surface area contributed by atoms with Gasteiger partial charge in [0.25, 0.3) is 0 Å². The molecule has 1 aromatic carbocycles. The van der Waals surface area contributed by atoms with Gasteiger partial charge in [-0.1, -0.05) is 23.2 Å². The maximum atomic E-state index is 10.9. The van der Waals surface area contributed by atoms with E-state index < -0.39 is 0 Å². The van der Waals surface area contributed by atoms with Gasteiger partial charge in [0, 0.05) is 11.6 Å². The summed E-state index contributed by atoms with van der Waals surface area (Å²) in [6.45, 7) is 1.43. The van der Waals surface area contributed by atoms with Gasteiger partial charge >= 0.3 is 0 Å². The topological polar surface area (TPSA) is 29.5 Å². The number of rotatable bonds is 6. The first kappa shape index (κ1) is 14.3. The summed E-state index contributed by atoms with van der Waals surface area (Å²) < 4.78 is 5.52. The van der Waals surface area contributed by atoms with Crippen LogP contribution in [0.4, 0.5) is 0 Å². The zero-order valence-corrected chi connectivity index (χ0v) is 11.4. The lowest BCUT2D eigenvalue weighted by molar-refractivity contribution is 0.111. The molecular weight excluding hydrogens is 261 g/mol. The number of benzene rings is 1. The number of hydrogen-bond donors (Lipinski definition) is 0. The lowest BCUT2D eigenvalue weighted by Gasteiger charge is -2.12. The summed E-state index contributed by atoms with van der Waals surface area (Å²) in [6.07, 6.45) is 1.56. The highest BCUT2D eigenvalue weighted by atomic mass is 35.5. The van der Waals surface area contributed by atoms with Crippen molar-refractivity contribution >= 4 is 29.5 Å². The van der Waals surface area contributed by atoms with Gasteiger partial charge in [-0.2, -0.15) is 0 Å². The molecule has 1 aromatic rings. The number of carbonyl (C=O) groups excluding carboxylic acids is 1. The largest absolute Gasteiger partial charge is 0.491 e. The molecule has 0 amide bonds. The van der Waals surface area contributed by atoms with E-state index >= 15 is 0 Å². The Balaban J connectivity index is 2.66. The van der Waals surface area contributed by atoms with Crippen molar-refractivity contribution in [3.8, 4) is 5.75 Å². The van der Waals surface area contributed by atoms with Crippen LogP contribution in [0.5, 0.6) is 5.75 Å². The van der Waals surface area contributed by atoms with Crippen molar-refractivity contribution < 1.29 is 9.53 Å². The van der Waals surface area contributed by atoms with Crippen LogP contribution in [-0.2, 0) is 0 Å². The number of carbonyl (C=O) groups is 1. The van der Waals surface area contributed by atoms with Crippen LogP contribution in [0.15, 0.2) is 12.1 Å². The van der Waals surface area contributed by atoms with Crippen LogP contribution < -0.4 is 4.74 Å². The summed E-state index contributed by atoms with van der Waals surface area (Å²) in [5.41, 5.74) is 0.382. The van der Waals surface area contributed by atoms with Crippen molar-refractivity contribution in [2.45, 2.75) is 6.42 Å². The standard InChI is InChI=1S/C12H15Cl2NO2/c1-15(2)4-3-5-17-12-9(8-16)6-10(13)7-11(12)14/h6-8H,3-5H2,1-2H3.